The number of rotatable bonds is 11. The highest BCUT2D eigenvalue weighted by Crippen LogP contribution is 2.37. The standard InChI is InChI=1S/C29H38N2O3S/c30-28(33)11-7-2-1-6-10-25-27(20-26(32)29(25)31-16-18-35-19-17-31)34-21-22-12-14-24(15-13-22)23-8-4-3-5-9-23/h1,3-6,8-9,12-15,25-27,29,32H,2,7,10-11,16-21H2,(H2,30,33)/b6-1-/t25-,26+,27-,29+/m0/s1. The van der Waals surface area contributed by atoms with E-state index in [0.717, 1.165) is 49.4 Å². The van der Waals surface area contributed by atoms with Crippen LogP contribution in [-0.4, -0.2) is 58.8 Å². The van der Waals surface area contributed by atoms with Crippen LogP contribution in [-0.2, 0) is 16.1 Å². The third-order valence-electron chi connectivity index (χ3n) is 7.15. The average molecular weight is 495 g/mol. The second-order valence-corrected chi connectivity index (χ2v) is 10.8. The van der Waals surface area contributed by atoms with Gasteiger partial charge in [-0.15, -0.1) is 0 Å². The molecule has 2 aromatic carbocycles. The number of allylic oxidation sites excluding steroid dienone is 2. The van der Waals surface area contributed by atoms with Gasteiger partial charge in [0.25, 0.3) is 0 Å². The maximum atomic E-state index is 11.0. The first-order valence-corrected chi connectivity index (χ1v) is 14.0. The minimum atomic E-state index is -0.364. The van der Waals surface area contributed by atoms with Crippen molar-refractivity contribution in [3.63, 3.8) is 0 Å². The first kappa shape index (κ1) is 26.0. The Morgan fingerprint density at radius 3 is 2.49 bits per heavy atom. The number of aliphatic hydroxyl groups excluding tert-OH is 1. The largest absolute Gasteiger partial charge is 0.391 e. The molecule has 35 heavy (non-hydrogen) atoms. The number of hydrogen-bond acceptors (Lipinski definition) is 5. The van der Waals surface area contributed by atoms with Crippen LogP contribution in [0.4, 0.5) is 0 Å². The van der Waals surface area contributed by atoms with Crippen molar-refractivity contribution in [1.82, 2.24) is 4.90 Å². The Kier molecular flexibility index (Phi) is 9.83. The molecule has 5 nitrogen and oxygen atoms in total. The van der Waals surface area contributed by atoms with E-state index < -0.39 is 0 Å². The van der Waals surface area contributed by atoms with Crippen LogP contribution in [0.5, 0.6) is 0 Å². The third kappa shape index (κ3) is 7.43. The van der Waals surface area contributed by atoms with Gasteiger partial charge in [-0.1, -0.05) is 66.7 Å². The van der Waals surface area contributed by atoms with Crippen molar-refractivity contribution < 1.29 is 14.6 Å². The predicted octanol–water partition coefficient (Wildman–Crippen LogP) is 4.64. The fourth-order valence-electron chi connectivity index (χ4n) is 5.32. The molecule has 188 valence electrons. The molecule has 2 aromatic rings. The van der Waals surface area contributed by atoms with Gasteiger partial charge in [0.1, 0.15) is 0 Å². The van der Waals surface area contributed by atoms with Gasteiger partial charge in [0.2, 0.25) is 5.91 Å². The molecule has 1 heterocycles. The van der Waals surface area contributed by atoms with Crippen molar-refractivity contribution in [1.29, 1.82) is 0 Å². The monoisotopic (exact) mass is 494 g/mol. The second kappa shape index (κ2) is 13.3. The highest BCUT2D eigenvalue weighted by atomic mass is 32.2. The number of nitrogens with zero attached hydrogens (tertiary/aromatic N) is 1. The Hall–Kier alpha value is -2.12. The predicted molar refractivity (Wildman–Crippen MR) is 144 cm³/mol. The highest BCUT2D eigenvalue weighted by Gasteiger charge is 2.45. The number of carbonyl (C=O) groups is 1. The van der Waals surface area contributed by atoms with Gasteiger partial charge in [0.05, 0.1) is 18.8 Å². The summed E-state index contributed by atoms with van der Waals surface area (Å²) >= 11 is 1.99. The fourth-order valence-corrected chi connectivity index (χ4v) is 6.25. The molecule has 6 heteroatoms. The normalized spacial score (nSPS) is 25.3. The van der Waals surface area contributed by atoms with Crippen molar-refractivity contribution in [2.24, 2.45) is 11.7 Å². The quantitative estimate of drug-likeness (QED) is 0.352. The van der Waals surface area contributed by atoms with Gasteiger partial charge in [-0.05, 0) is 36.0 Å². The molecule has 0 aromatic heterocycles. The summed E-state index contributed by atoms with van der Waals surface area (Å²) in [5.41, 5.74) is 8.81. The van der Waals surface area contributed by atoms with E-state index in [1.807, 2.05) is 17.8 Å². The average Bonchev–Trinajstić information content (AvgIpc) is 3.20. The van der Waals surface area contributed by atoms with Gasteiger partial charge in [0.15, 0.2) is 0 Å². The number of hydrogen-bond donors (Lipinski definition) is 2. The molecule has 2 fully saturated rings. The van der Waals surface area contributed by atoms with Gasteiger partial charge in [0, 0.05) is 49.4 Å². The molecule has 0 unspecified atom stereocenters. The Morgan fingerprint density at radius 1 is 1.06 bits per heavy atom. The molecule has 2 aliphatic rings. The summed E-state index contributed by atoms with van der Waals surface area (Å²) in [5.74, 6) is 2.26. The van der Waals surface area contributed by atoms with E-state index in [0.29, 0.717) is 19.4 Å². The van der Waals surface area contributed by atoms with E-state index in [9.17, 15) is 9.90 Å². The molecule has 1 aliphatic carbocycles. The van der Waals surface area contributed by atoms with E-state index in [1.165, 1.54) is 11.1 Å². The van der Waals surface area contributed by atoms with E-state index in [1.54, 1.807) is 0 Å². The molecule has 0 spiro atoms. The lowest BCUT2D eigenvalue weighted by molar-refractivity contribution is -0.118. The number of primary amides is 1. The molecule has 4 rings (SSSR count). The number of aliphatic hydroxyl groups is 1. The van der Waals surface area contributed by atoms with E-state index >= 15 is 0 Å². The molecule has 1 saturated carbocycles. The molecular formula is C29H38N2O3S. The number of thioether (sulfide) groups is 1. The summed E-state index contributed by atoms with van der Waals surface area (Å²) in [6.07, 6.45) is 7.63. The lowest BCUT2D eigenvalue weighted by Crippen LogP contribution is -2.48. The lowest BCUT2D eigenvalue weighted by Gasteiger charge is -2.37. The number of amides is 1. The van der Waals surface area contributed by atoms with Crippen molar-refractivity contribution in [3.8, 4) is 11.1 Å². The van der Waals surface area contributed by atoms with Gasteiger partial charge < -0.3 is 15.6 Å². The maximum absolute atomic E-state index is 11.0. The maximum Gasteiger partial charge on any atom is 0.217 e. The molecule has 3 N–H and O–H groups in total. The van der Waals surface area contributed by atoms with Crippen LogP contribution in [0.1, 0.15) is 37.7 Å². The van der Waals surface area contributed by atoms with Crippen molar-refractivity contribution in [2.45, 2.75) is 57.0 Å². The highest BCUT2D eigenvalue weighted by molar-refractivity contribution is 7.99. The number of benzene rings is 2. The summed E-state index contributed by atoms with van der Waals surface area (Å²) in [7, 11) is 0. The van der Waals surface area contributed by atoms with Crippen LogP contribution in [0.2, 0.25) is 0 Å². The van der Waals surface area contributed by atoms with Gasteiger partial charge in [-0.2, -0.15) is 11.8 Å². The molecule has 1 amide bonds. The molecule has 1 aliphatic heterocycles. The van der Waals surface area contributed by atoms with Crippen LogP contribution in [0.15, 0.2) is 66.7 Å². The van der Waals surface area contributed by atoms with Crippen LogP contribution in [0.25, 0.3) is 11.1 Å². The Labute approximate surface area is 213 Å². The van der Waals surface area contributed by atoms with Crippen LogP contribution in [0.3, 0.4) is 0 Å². The molecule has 0 radical (unpaired) electrons. The summed E-state index contributed by atoms with van der Waals surface area (Å²) in [6.45, 7) is 2.60. The number of nitrogens with two attached hydrogens (primary N) is 1. The molecule has 4 atom stereocenters. The number of carbonyl (C=O) groups excluding carboxylic acids is 1. The Morgan fingerprint density at radius 2 is 1.77 bits per heavy atom. The topological polar surface area (TPSA) is 75.8 Å². The zero-order chi connectivity index (χ0) is 24.5. The first-order valence-electron chi connectivity index (χ1n) is 12.8. The van der Waals surface area contributed by atoms with Crippen LogP contribution in [0, 0.1) is 5.92 Å². The third-order valence-corrected chi connectivity index (χ3v) is 8.09. The molecule has 0 bridgehead atoms. The zero-order valence-corrected chi connectivity index (χ0v) is 21.2. The SMILES string of the molecule is NC(=O)CCC/C=C\C[C@@H]1[C@@H](N2CCSCC2)[C@H](O)C[C@@H]1OCc1ccc(-c2ccccc2)cc1. The second-order valence-electron chi connectivity index (χ2n) is 9.58. The minimum absolute atomic E-state index is 0.0219. The summed E-state index contributed by atoms with van der Waals surface area (Å²) in [4.78, 5) is 13.4. The molecule has 1 saturated heterocycles. The van der Waals surface area contributed by atoms with Crippen molar-refractivity contribution >= 4 is 17.7 Å². The fraction of sp³-hybridized carbons (Fsp3) is 0.483. The van der Waals surface area contributed by atoms with E-state index in [-0.39, 0.29) is 30.1 Å². The van der Waals surface area contributed by atoms with Gasteiger partial charge in [-0.25, -0.2) is 0 Å². The Bertz CT molecular complexity index is 944. The molecular weight excluding hydrogens is 456 g/mol. The van der Waals surface area contributed by atoms with Crippen molar-refractivity contribution in [2.75, 3.05) is 24.6 Å². The number of unbranched alkanes of at least 4 members (excludes halogenated alkanes) is 1. The summed E-state index contributed by atoms with van der Waals surface area (Å²) in [6, 6.07) is 19.1. The lowest BCUT2D eigenvalue weighted by atomic mass is 9.94. The first-order chi connectivity index (χ1) is 17.1. The smallest absolute Gasteiger partial charge is 0.217 e. The van der Waals surface area contributed by atoms with Crippen LogP contribution >= 0.6 is 11.8 Å². The van der Waals surface area contributed by atoms with Crippen molar-refractivity contribution in [3.05, 3.63) is 72.3 Å². The number of ether oxygens (including phenoxy) is 1. The van der Waals surface area contributed by atoms with E-state index in [2.05, 4.69) is 65.6 Å². The summed E-state index contributed by atoms with van der Waals surface area (Å²) in [5, 5.41) is 11.0. The van der Waals surface area contributed by atoms with E-state index in [4.69, 9.17) is 10.5 Å². The van der Waals surface area contributed by atoms with Gasteiger partial charge >= 0.3 is 0 Å². The van der Waals surface area contributed by atoms with Crippen LogP contribution < -0.4 is 5.73 Å². The zero-order valence-electron chi connectivity index (χ0n) is 20.4. The van der Waals surface area contributed by atoms with Gasteiger partial charge in [-0.3, -0.25) is 9.69 Å². The Balaban J connectivity index is 1.38. The summed E-state index contributed by atoms with van der Waals surface area (Å²) < 4.78 is 6.46. The minimum Gasteiger partial charge on any atom is -0.391 e.